The van der Waals surface area contributed by atoms with Crippen molar-refractivity contribution < 1.29 is 4.39 Å². The molecule has 2 aromatic rings. The second-order valence-electron chi connectivity index (χ2n) is 4.92. The number of aryl methyl sites for hydroxylation is 1. The van der Waals surface area contributed by atoms with Gasteiger partial charge in [0.1, 0.15) is 12.0 Å². The number of benzene rings is 2. The molecule has 2 aromatic carbocycles. The zero-order valence-corrected chi connectivity index (χ0v) is 11.2. The maximum atomic E-state index is 13.9. The van der Waals surface area contributed by atoms with Crippen molar-refractivity contribution in [1.29, 1.82) is 0 Å². The fourth-order valence-electron chi connectivity index (χ4n) is 2.49. The van der Waals surface area contributed by atoms with Crippen LogP contribution in [0.25, 0.3) is 6.08 Å². The molecule has 0 aliphatic carbocycles. The third-order valence-corrected chi connectivity index (χ3v) is 3.69. The van der Waals surface area contributed by atoms with Gasteiger partial charge in [0.05, 0.1) is 5.69 Å². The van der Waals surface area contributed by atoms with Crippen LogP contribution in [0.15, 0.2) is 42.6 Å². The van der Waals surface area contributed by atoms with Crippen LogP contribution in [0.5, 0.6) is 0 Å². The Labute approximate surface area is 117 Å². The monoisotopic (exact) mass is 269 g/mol. The highest BCUT2D eigenvalue weighted by atomic mass is 19.1. The summed E-state index contributed by atoms with van der Waals surface area (Å²) in [5, 5.41) is 0. The summed E-state index contributed by atoms with van der Waals surface area (Å²) in [4.78, 5) is 1.71. The quantitative estimate of drug-likeness (QED) is 0.782. The Hall–Kier alpha value is -2.33. The van der Waals surface area contributed by atoms with E-state index >= 15 is 0 Å². The molecule has 102 valence electrons. The number of nitrogen functional groups attached to an aromatic ring is 1. The highest BCUT2D eigenvalue weighted by Gasteiger charge is 2.24. The summed E-state index contributed by atoms with van der Waals surface area (Å²) in [7, 11) is 0. The lowest BCUT2D eigenvalue weighted by atomic mass is 9.96. The molecule has 20 heavy (non-hydrogen) atoms. The first kappa shape index (κ1) is 12.7. The predicted octanol–water partition coefficient (Wildman–Crippen LogP) is 3.16. The maximum absolute atomic E-state index is 13.9. The van der Waals surface area contributed by atoms with Crippen molar-refractivity contribution in [2.45, 2.75) is 13.1 Å². The van der Waals surface area contributed by atoms with Gasteiger partial charge in [0.25, 0.3) is 0 Å². The predicted molar refractivity (Wildman–Crippen MR) is 80.4 cm³/mol. The molecule has 0 spiro atoms. The van der Waals surface area contributed by atoms with E-state index in [2.05, 4.69) is 0 Å². The van der Waals surface area contributed by atoms with Crippen LogP contribution in [-0.2, 0) is 0 Å². The van der Waals surface area contributed by atoms with Crippen LogP contribution < -0.4 is 16.4 Å². The molecule has 4 heteroatoms. The van der Waals surface area contributed by atoms with E-state index in [0.717, 1.165) is 22.4 Å². The van der Waals surface area contributed by atoms with Gasteiger partial charge in [-0.3, -0.25) is 0 Å². The number of hydrogen-bond donors (Lipinski definition) is 2. The Bertz CT molecular complexity index is 694. The number of hydrogen-bond acceptors (Lipinski definition) is 3. The third kappa shape index (κ3) is 1.85. The first-order valence-electron chi connectivity index (χ1n) is 6.45. The molecular weight excluding hydrogens is 253 g/mol. The van der Waals surface area contributed by atoms with Gasteiger partial charge in [-0.05, 0) is 36.3 Å². The summed E-state index contributed by atoms with van der Waals surface area (Å²) in [6.45, 7) is 1.96. The molecular formula is C16H16FN3. The second-order valence-corrected chi connectivity index (χ2v) is 4.92. The number of fused-ring (bicyclic) bond motifs is 1. The van der Waals surface area contributed by atoms with Crippen molar-refractivity contribution >= 4 is 17.5 Å². The average Bonchev–Trinajstić information content (AvgIpc) is 2.45. The van der Waals surface area contributed by atoms with Crippen molar-refractivity contribution in [3.8, 4) is 0 Å². The van der Waals surface area contributed by atoms with Crippen LogP contribution in [0.3, 0.4) is 0 Å². The van der Waals surface area contributed by atoms with Gasteiger partial charge < -0.3 is 16.4 Å². The van der Waals surface area contributed by atoms with Crippen molar-refractivity contribution in [3.05, 3.63) is 65.1 Å². The van der Waals surface area contributed by atoms with Crippen LogP contribution in [0.4, 0.5) is 15.8 Å². The molecule has 0 radical (unpaired) electrons. The molecule has 0 aromatic heterocycles. The Morgan fingerprint density at radius 3 is 2.65 bits per heavy atom. The number of anilines is 2. The average molecular weight is 269 g/mol. The Morgan fingerprint density at radius 2 is 1.90 bits per heavy atom. The van der Waals surface area contributed by atoms with Gasteiger partial charge in [-0.2, -0.15) is 0 Å². The van der Waals surface area contributed by atoms with Crippen LogP contribution in [0.2, 0.25) is 0 Å². The summed E-state index contributed by atoms with van der Waals surface area (Å²) in [6, 6.07) is 10.5. The fourth-order valence-corrected chi connectivity index (χ4v) is 2.49. The minimum atomic E-state index is -0.449. The van der Waals surface area contributed by atoms with E-state index in [1.54, 1.807) is 29.3 Å². The van der Waals surface area contributed by atoms with E-state index < -0.39 is 6.17 Å². The topological polar surface area (TPSA) is 55.3 Å². The number of nitrogens with two attached hydrogens (primary N) is 2. The smallest absolute Gasteiger partial charge is 0.146 e. The van der Waals surface area contributed by atoms with E-state index in [9.17, 15) is 4.39 Å². The Balaban J connectivity index is 2.09. The van der Waals surface area contributed by atoms with Gasteiger partial charge >= 0.3 is 0 Å². The molecule has 3 rings (SSSR count). The molecule has 0 bridgehead atoms. The minimum absolute atomic E-state index is 0.295. The van der Waals surface area contributed by atoms with E-state index in [1.165, 1.54) is 6.07 Å². The van der Waals surface area contributed by atoms with E-state index in [0.29, 0.717) is 5.69 Å². The Kier molecular flexibility index (Phi) is 2.95. The molecule has 1 heterocycles. The summed E-state index contributed by atoms with van der Waals surface area (Å²) in [5.41, 5.74) is 16.4. The molecule has 4 N–H and O–H groups in total. The molecule has 0 fully saturated rings. The van der Waals surface area contributed by atoms with E-state index in [1.807, 2.05) is 25.1 Å². The van der Waals surface area contributed by atoms with Crippen molar-refractivity contribution in [2.24, 2.45) is 5.73 Å². The first-order chi connectivity index (χ1) is 9.59. The SMILES string of the molecule is Cc1ccc2c(c1N)C=CN(c1ccccc1F)C2N. The lowest BCUT2D eigenvalue weighted by molar-refractivity contribution is 0.611. The first-order valence-corrected chi connectivity index (χ1v) is 6.45. The van der Waals surface area contributed by atoms with E-state index in [4.69, 9.17) is 11.5 Å². The summed E-state index contributed by atoms with van der Waals surface area (Å²) in [5.74, 6) is -0.295. The largest absolute Gasteiger partial charge is 0.398 e. The molecule has 0 saturated heterocycles. The molecule has 0 amide bonds. The molecule has 1 aliphatic rings. The van der Waals surface area contributed by atoms with Crippen molar-refractivity contribution in [2.75, 3.05) is 10.6 Å². The number of halogens is 1. The van der Waals surface area contributed by atoms with Gasteiger partial charge in [0, 0.05) is 17.5 Å². The molecule has 1 unspecified atom stereocenters. The lowest BCUT2D eigenvalue weighted by Crippen LogP contribution is -2.33. The Morgan fingerprint density at radius 1 is 1.15 bits per heavy atom. The maximum Gasteiger partial charge on any atom is 0.146 e. The molecule has 0 saturated carbocycles. The number of rotatable bonds is 1. The summed E-state index contributed by atoms with van der Waals surface area (Å²) < 4.78 is 13.9. The van der Waals surface area contributed by atoms with Gasteiger partial charge in [-0.25, -0.2) is 4.39 Å². The summed E-state index contributed by atoms with van der Waals surface area (Å²) in [6.07, 6.45) is 3.21. The lowest BCUT2D eigenvalue weighted by Gasteiger charge is -2.33. The number of nitrogens with zero attached hydrogens (tertiary/aromatic N) is 1. The highest BCUT2D eigenvalue weighted by molar-refractivity contribution is 5.75. The van der Waals surface area contributed by atoms with Crippen LogP contribution in [-0.4, -0.2) is 0 Å². The van der Waals surface area contributed by atoms with Crippen molar-refractivity contribution in [1.82, 2.24) is 0 Å². The van der Waals surface area contributed by atoms with Gasteiger partial charge in [-0.15, -0.1) is 0 Å². The van der Waals surface area contributed by atoms with Gasteiger partial charge in [0.15, 0.2) is 0 Å². The summed E-state index contributed by atoms with van der Waals surface area (Å²) >= 11 is 0. The molecule has 1 atom stereocenters. The zero-order valence-electron chi connectivity index (χ0n) is 11.2. The zero-order chi connectivity index (χ0) is 14.3. The fraction of sp³-hybridized carbons (Fsp3) is 0.125. The van der Waals surface area contributed by atoms with Crippen LogP contribution in [0.1, 0.15) is 22.9 Å². The minimum Gasteiger partial charge on any atom is -0.398 e. The van der Waals surface area contributed by atoms with E-state index in [-0.39, 0.29) is 5.82 Å². The second kappa shape index (κ2) is 4.65. The van der Waals surface area contributed by atoms with Crippen molar-refractivity contribution in [3.63, 3.8) is 0 Å². The van der Waals surface area contributed by atoms with Gasteiger partial charge in [-0.1, -0.05) is 24.3 Å². The normalized spacial score (nSPS) is 17.1. The molecule has 3 nitrogen and oxygen atoms in total. The van der Waals surface area contributed by atoms with Gasteiger partial charge in [0.2, 0.25) is 0 Å². The highest BCUT2D eigenvalue weighted by Crippen LogP contribution is 2.35. The number of para-hydroxylation sites is 1. The molecule has 1 aliphatic heterocycles. The van der Waals surface area contributed by atoms with Crippen LogP contribution in [0, 0.1) is 12.7 Å². The van der Waals surface area contributed by atoms with Crippen LogP contribution >= 0.6 is 0 Å². The third-order valence-electron chi connectivity index (χ3n) is 3.69. The standard InChI is InChI=1S/C16H16FN3/c1-10-6-7-12-11(15(10)18)8-9-20(16(12)19)14-5-3-2-4-13(14)17/h2-9,16H,18-19H2,1H3.